The van der Waals surface area contributed by atoms with Crippen molar-refractivity contribution in [2.45, 2.75) is 16.2 Å². The predicted octanol–water partition coefficient (Wildman–Crippen LogP) is 3.85. The number of nitrogens with zero attached hydrogens (tertiary/aromatic N) is 1. The van der Waals surface area contributed by atoms with Gasteiger partial charge in [-0.1, -0.05) is 42.1 Å². The van der Waals surface area contributed by atoms with Gasteiger partial charge in [0.2, 0.25) is 5.91 Å². The number of aliphatic carboxylic acids is 1. The predicted molar refractivity (Wildman–Crippen MR) is 85.5 cm³/mol. The van der Waals surface area contributed by atoms with E-state index in [-0.39, 0.29) is 12.3 Å². The van der Waals surface area contributed by atoms with Crippen LogP contribution in [0.5, 0.6) is 0 Å². The van der Waals surface area contributed by atoms with E-state index in [1.54, 1.807) is 16.7 Å². The Hall–Kier alpha value is -2.53. The largest absolute Gasteiger partial charge is 0.478 e. The molecule has 1 aliphatic heterocycles. The summed E-state index contributed by atoms with van der Waals surface area (Å²) < 4.78 is 0. The Bertz CT molecular complexity index is 725. The molecule has 1 N–H and O–H groups in total. The first-order valence-electron chi connectivity index (χ1n) is 6.75. The zero-order valence-electron chi connectivity index (χ0n) is 11.6. The summed E-state index contributed by atoms with van der Waals surface area (Å²) in [5.74, 6) is -1.21. The molecule has 5 heteroatoms. The maximum atomic E-state index is 12.6. The minimum absolute atomic E-state index is 0.0413. The first-order valence-corrected chi connectivity index (χ1v) is 7.57. The first kappa shape index (κ1) is 14.4. The van der Waals surface area contributed by atoms with E-state index in [1.807, 2.05) is 48.5 Å². The summed E-state index contributed by atoms with van der Waals surface area (Å²) in [4.78, 5) is 26.8. The summed E-state index contributed by atoms with van der Waals surface area (Å²) in [5, 5.41) is 8.64. The number of carbonyl (C=O) groups excluding carboxylic acids is 1. The fraction of sp³-hybridized carbons (Fsp3) is 0.0588. The van der Waals surface area contributed by atoms with E-state index in [0.717, 1.165) is 27.2 Å². The molecule has 0 spiro atoms. The Morgan fingerprint density at radius 2 is 1.55 bits per heavy atom. The van der Waals surface area contributed by atoms with Crippen molar-refractivity contribution in [2.24, 2.45) is 0 Å². The molecule has 3 rings (SSSR count). The highest BCUT2D eigenvalue weighted by Gasteiger charge is 2.26. The van der Waals surface area contributed by atoms with Crippen molar-refractivity contribution >= 4 is 35.0 Å². The quantitative estimate of drug-likeness (QED) is 0.875. The van der Waals surface area contributed by atoms with Gasteiger partial charge in [-0.25, -0.2) is 4.79 Å². The third kappa shape index (κ3) is 2.76. The zero-order valence-corrected chi connectivity index (χ0v) is 12.4. The molecule has 1 aliphatic rings. The van der Waals surface area contributed by atoms with Crippen molar-refractivity contribution in [3.05, 3.63) is 60.7 Å². The van der Waals surface area contributed by atoms with Crippen LogP contribution in [-0.4, -0.2) is 17.0 Å². The van der Waals surface area contributed by atoms with Crippen molar-refractivity contribution in [1.82, 2.24) is 0 Å². The molecule has 2 aromatic rings. The Balaban J connectivity index is 1.99. The molecule has 110 valence electrons. The minimum atomic E-state index is -1.05. The van der Waals surface area contributed by atoms with Crippen LogP contribution < -0.4 is 4.90 Å². The number of anilines is 2. The summed E-state index contributed by atoms with van der Waals surface area (Å²) >= 11 is 1.63. The second-order valence-corrected chi connectivity index (χ2v) is 5.80. The van der Waals surface area contributed by atoms with Crippen molar-refractivity contribution < 1.29 is 14.7 Å². The minimum Gasteiger partial charge on any atom is -0.478 e. The molecule has 0 aromatic heterocycles. The van der Waals surface area contributed by atoms with Crippen LogP contribution in [0, 0.1) is 0 Å². The van der Waals surface area contributed by atoms with Gasteiger partial charge in [0.1, 0.15) is 0 Å². The summed E-state index contributed by atoms with van der Waals surface area (Å²) in [6.45, 7) is 0. The summed E-state index contributed by atoms with van der Waals surface area (Å²) in [7, 11) is 0. The third-order valence-electron chi connectivity index (χ3n) is 3.23. The van der Waals surface area contributed by atoms with Crippen molar-refractivity contribution in [1.29, 1.82) is 0 Å². The van der Waals surface area contributed by atoms with E-state index in [2.05, 4.69) is 0 Å². The number of rotatable bonds is 3. The number of amides is 1. The van der Waals surface area contributed by atoms with E-state index in [9.17, 15) is 9.59 Å². The highest BCUT2D eigenvalue weighted by molar-refractivity contribution is 7.99. The summed E-state index contributed by atoms with van der Waals surface area (Å²) in [5.41, 5.74) is 1.67. The Kier molecular flexibility index (Phi) is 3.98. The van der Waals surface area contributed by atoms with E-state index in [4.69, 9.17) is 5.11 Å². The Labute approximate surface area is 132 Å². The number of para-hydroxylation sites is 2. The van der Waals surface area contributed by atoms with Crippen LogP contribution in [0.4, 0.5) is 11.4 Å². The normalized spacial score (nSPS) is 12.8. The molecule has 0 fully saturated rings. The van der Waals surface area contributed by atoms with Crippen molar-refractivity contribution in [2.75, 3.05) is 4.90 Å². The molecule has 1 amide bonds. The summed E-state index contributed by atoms with van der Waals surface area (Å²) in [6, 6.07) is 15.4. The van der Waals surface area contributed by atoms with Gasteiger partial charge in [-0.3, -0.25) is 9.69 Å². The van der Waals surface area contributed by atoms with E-state index in [0.29, 0.717) is 0 Å². The summed E-state index contributed by atoms with van der Waals surface area (Å²) in [6.07, 6.45) is 2.41. The number of hydrogen-bond donors (Lipinski definition) is 1. The van der Waals surface area contributed by atoms with Crippen LogP contribution in [0.25, 0.3) is 0 Å². The highest BCUT2D eigenvalue weighted by atomic mass is 32.2. The average Bonchev–Trinajstić information content (AvgIpc) is 2.52. The third-order valence-corrected chi connectivity index (χ3v) is 4.36. The van der Waals surface area contributed by atoms with Crippen LogP contribution in [-0.2, 0) is 9.59 Å². The van der Waals surface area contributed by atoms with Gasteiger partial charge in [-0.2, -0.15) is 0 Å². The molecule has 0 bridgehead atoms. The standard InChI is InChI=1S/C17H13NO3S/c19-16(10-5-11-17(20)21)18-12-6-1-3-8-14(12)22-15-9-4-2-7-13(15)18/h1-9,11H,10H2,(H,20,21)/b11-5+. The lowest BCUT2D eigenvalue weighted by molar-refractivity contribution is -0.131. The Morgan fingerprint density at radius 1 is 1.00 bits per heavy atom. The lowest BCUT2D eigenvalue weighted by Gasteiger charge is -2.30. The molecule has 0 radical (unpaired) electrons. The lowest BCUT2D eigenvalue weighted by atomic mass is 10.2. The molecule has 1 heterocycles. The van der Waals surface area contributed by atoms with Crippen LogP contribution >= 0.6 is 11.8 Å². The SMILES string of the molecule is O=C(O)/C=C/CC(=O)N1c2ccccc2Sc2ccccc21. The van der Waals surface area contributed by atoms with Gasteiger partial charge >= 0.3 is 5.97 Å². The maximum absolute atomic E-state index is 12.6. The molecule has 22 heavy (non-hydrogen) atoms. The molecule has 0 unspecified atom stereocenters. The van der Waals surface area contributed by atoms with Gasteiger partial charge in [0.05, 0.1) is 11.4 Å². The number of hydrogen-bond acceptors (Lipinski definition) is 3. The van der Waals surface area contributed by atoms with Gasteiger partial charge in [0, 0.05) is 22.3 Å². The lowest BCUT2D eigenvalue weighted by Crippen LogP contribution is -2.27. The monoisotopic (exact) mass is 311 g/mol. The molecule has 0 atom stereocenters. The van der Waals surface area contributed by atoms with Gasteiger partial charge in [0.25, 0.3) is 0 Å². The smallest absolute Gasteiger partial charge is 0.327 e. The van der Waals surface area contributed by atoms with Crippen molar-refractivity contribution in [3.8, 4) is 0 Å². The number of carboxylic acids is 1. The molecule has 0 saturated heterocycles. The average molecular weight is 311 g/mol. The van der Waals surface area contributed by atoms with E-state index in [1.165, 1.54) is 6.08 Å². The molecule has 2 aromatic carbocycles. The van der Waals surface area contributed by atoms with E-state index >= 15 is 0 Å². The molecular formula is C17H13NO3S. The fourth-order valence-corrected chi connectivity index (χ4v) is 3.38. The van der Waals surface area contributed by atoms with Crippen molar-refractivity contribution in [3.63, 3.8) is 0 Å². The maximum Gasteiger partial charge on any atom is 0.327 e. The topological polar surface area (TPSA) is 57.6 Å². The number of carbonyl (C=O) groups is 2. The van der Waals surface area contributed by atoms with Crippen LogP contribution in [0.15, 0.2) is 70.5 Å². The number of fused-ring (bicyclic) bond motifs is 2. The van der Waals surface area contributed by atoms with Crippen LogP contribution in [0.1, 0.15) is 6.42 Å². The number of benzene rings is 2. The number of carboxylic acid groups (broad SMARTS) is 1. The van der Waals surface area contributed by atoms with Gasteiger partial charge in [-0.15, -0.1) is 0 Å². The van der Waals surface area contributed by atoms with Crippen LogP contribution in [0.2, 0.25) is 0 Å². The Morgan fingerprint density at radius 3 is 2.09 bits per heavy atom. The zero-order chi connectivity index (χ0) is 15.5. The van der Waals surface area contributed by atoms with Gasteiger partial charge in [-0.05, 0) is 24.3 Å². The first-order chi connectivity index (χ1) is 10.7. The van der Waals surface area contributed by atoms with E-state index < -0.39 is 5.97 Å². The van der Waals surface area contributed by atoms with Gasteiger partial charge < -0.3 is 5.11 Å². The second-order valence-electron chi connectivity index (χ2n) is 4.71. The second kappa shape index (κ2) is 6.07. The fourth-order valence-electron chi connectivity index (χ4n) is 2.33. The molecule has 4 nitrogen and oxygen atoms in total. The van der Waals surface area contributed by atoms with Crippen LogP contribution in [0.3, 0.4) is 0 Å². The molecule has 0 saturated carbocycles. The highest BCUT2D eigenvalue weighted by Crippen LogP contribution is 2.47. The molecule has 0 aliphatic carbocycles. The van der Waals surface area contributed by atoms with Gasteiger partial charge in [0.15, 0.2) is 0 Å². The molecular weight excluding hydrogens is 298 g/mol.